The normalized spacial score (nSPS) is 20.2. The molecule has 2 heteroatoms. The third kappa shape index (κ3) is 4.38. The lowest BCUT2D eigenvalue weighted by Crippen LogP contribution is -2.14. The second-order valence-corrected chi connectivity index (χ2v) is 4.84. The quantitative estimate of drug-likeness (QED) is 0.686. The van der Waals surface area contributed by atoms with Crippen molar-refractivity contribution in [2.24, 2.45) is 0 Å². The highest BCUT2D eigenvalue weighted by molar-refractivity contribution is 5.59. The van der Waals surface area contributed by atoms with Crippen LogP contribution in [0.15, 0.2) is 72.6 Å². The highest BCUT2D eigenvalue weighted by atomic mass is 16.5. The second kappa shape index (κ2) is 8.15. The van der Waals surface area contributed by atoms with Gasteiger partial charge in [-0.25, -0.2) is 0 Å². The molecule has 0 amide bonds. The molecule has 110 valence electrons. The topological polar surface area (TPSA) is 12.5 Å². The smallest absolute Gasteiger partial charge is 0.119 e. The maximum atomic E-state index is 5.24. The molecule has 0 unspecified atom stereocenters. The lowest BCUT2D eigenvalue weighted by atomic mass is 10.1. The molecule has 1 aromatic rings. The van der Waals surface area contributed by atoms with Crippen LogP contribution in [0.4, 0.5) is 5.69 Å². The molecule has 0 radical (unpaired) electrons. The van der Waals surface area contributed by atoms with Gasteiger partial charge in [-0.1, -0.05) is 37.3 Å². The summed E-state index contributed by atoms with van der Waals surface area (Å²) in [4.78, 5) is 2.22. The van der Waals surface area contributed by atoms with E-state index in [9.17, 15) is 0 Å². The minimum Gasteiger partial charge on any atom is -0.497 e. The summed E-state index contributed by atoms with van der Waals surface area (Å²) in [5.41, 5.74) is 2.34. The largest absolute Gasteiger partial charge is 0.497 e. The van der Waals surface area contributed by atoms with E-state index in [0.29, 0.717) is 0 Å². The summed E-state index contributed by atoms with van der Waals surface area (Å²) in [5.74, 6) is 0.878. The number of nitrogens with zero attached hydrogens (tertiary/aromatic N) is 1. The van der Waals surface area contributed by atoms with Gasteiger partial charge in [-0.2, -0.15) is 0 Å². The Morgan fingerprint density at radius 1 is 1.10 bits per heavy atom. The van der Waals surface area contributed by atoms with Crippen molar-refractivity contribution in [3.8, 4) is 5.75 Å². The molecule has 0 N–H and O–H groups in total. The van der Waals surface area contributed by atoms with Gasteiger partial charge >= 0.3 is 0 Å². The molecule has 0 aromatic heterocycles. The van der Waals surface area contributed by atoms with Crippen molar-refractivity contribution in [2.75, 3.05) is 12.0 Å². The Morgan fingerprint density at radius 2 is 1.86 bits per heavy atom. The van der Waals surface area contributed by atoms with Gasteiger partial charge in [0, 0.05) is 17.6 Å². The first-order valence-corrected chi connectivity index (χ1v) is 7.46. The number of allylic oxidation sites excluding steroid dienone is 6. The lowest BCUT2D eigenvalue weighted by Gasteiger charge is -2.23. The van der Waals surface area contributed by atoms with Gasteiger partial charge in [0.25, 0.3) is 0 Å². The highest BCUT2D eigenvalue weighted by Gasteiger charge is 2.07. The van der Waals surface area contributed by atoms with Crippen LogP contribution in [-0.4, -0.2) is 7.11 Å². The first kappa shape index (κ1) is 15.2. The molecule has 0 atom stereocenters. The molecular formula is C19H23NO. The maximum Gasteiger partial charge on any atom is 0.119 e. The number of ether oxygens (including phenoxy) is 1. The van der Waals surface area contributed by atoms with Crippen molar-refractivity contribution in [2.45, 2.75) is 26.2 Å². The van der Waals surface area contributed by atoms with E-state index >= 15 is 0 Å². The standard InChI is InChI=1S/C19H23NO/c1-3-4-16-20(17-10-8-6-5-7-9-11-17)18-12-14-19(21-2)15-13-18/h4-6,9-16H,3,7-8H2,1-2H3/b6-5-,11-9-,16-4+,17-10+. The fraction of sp³-hybridized carbons (Fsp3) is 0.263. The molecule has 0 heterocycles. The van der Waals surface area contributed by atoms with Gasteiger partial charge < -0.3 is 9.64 Å². The molecule has 0 aliphatic heterocycles. The van der Waals surface area contributed by atoms with E-state index in [-0.39, 0.29) is 0 Å². The highest BCUT2D eigenvalue weighted by Crippen LogP contribution is 2.25. The molecule has 0 bridgehead atoms. The van der Waals surface area contributed by atoms with Crippen LogP contribution in [0.1, 0.15) is 26.2 Å². The molecule has 0 fully saturated rings. The van der Waals surface area contributed by atoms with Crippen LogP contribution < -0.4 is 9.64 Å². The SMILES string of the molecule is CC/C=C/N(C1=C/C/C=C\C/C=C\1)c1ccc(OC)cc1. The van der Waals surface area contributed by atoms with Gasteiger partial charge in [0.1, 0.15) is 5.75 Å². The first-order valence-electron chi connectivity index (χ1n) is 7.46. The second-order valence-electron chi connectivity index (χ2n) is 4.84. The molecular weight excluding hydrogens is 258 g/mol. The Morgan fingerprint density at radius 3 is 2.57 bits per heavy atom. The summed E-state index contributed by atoms with van der Waals surface area (Å²) in [6.45, 7) is 2.15. The predicted octanol–water partition coefficient (Wildman–Crippen LogP) is 5.22. The van der Waals surface area contributed by atoms with Crippen molar-refractivity contribution in [3.05, 3.63) is 72.6 Å². The van der Waals surface area contributed by atoms with Crippen molar-refractivity contribution in [3.63, 3.8) is 0 Å². The zero-order valence-corrected chi connectivity index (χ0v) is 12.8. The van der Waals surface area contributed by atoms with E-state index in [0.717, 1.165) is 30.7 Å². The Kier molecular flexibility index (Phi) is 5.89. The monoisotopic (exact) mass is 281 g/mol. The van der Waals surface area contributed by atoms with Gasteiger partial charge in [-0.05, 0) is 49.6 Å². The number of methoxy groups -OCH3 is 1. The lowest BCUT2D eigenvalue weighted by molar-refractivity contribution is 0.415. The number of anilines is 1. The van der Waals surface area contributed by atoms with Gasteiger partial charge in [0.05, 0.1) is 7.11 Å². The molecule has 0 spiro atoms. The maximum absolute atomic E-state index is 5.24. The first-order chi connectivity index (χ1) is 10.3. The molecule has 0 saturated heterocycles. The van der Waals surface area contributed by atoms with Gasteiger partial charge in [0.15, 0.2) is 0 Å². The molecule has 2 nitrogen and oxygen atoms in total. The Labute approximate surface area is 127 Å². The third-order valence-electron chi connectivity index (χ3n) is 3.31. The summed E-state index contributed by atoms with van der Waals surface area (Å²) < 4.78 is 5.24. The van der Waals surface area contributed by atoms with E-state index in [4.69, 9.17) is 4.74 Å². The Bertz CT molecular complexity index is 549. The van der Waals surface area contributed by atoms with Crippen LogP contribution in [0.5, 0.6) is 5.75 Å². The number of hydrogen-bond acceptors (Lipinski definition) is 2. The van der Waals surface area contributed by atoms with Gasteiger partial charge in [-0.15, -0.1) is 0 Å². The van der Waals surface area contributed by atoms with Crippen LogP contribution in [0, 0.1) is 0 Å². The molecule has 1 aliphatic rings. The Balaban J connectivity index is 2.32. The summed E-state index contributed by atoms with van der Waals surface area (Å²) >= 11 is 0. The van der Waals surface area contributed by atoms with Crippen LogP contribution in [0.25, 0.3) is 0 Å². The third-order valence-corrected chi connectivity index (χ3v) is 3.31. The summed E-state index contributed by atoms with van der Waals surface area (Å²) in [5, 5.41) is 0. The number of benzene rings is 1. The Hall–Kier alpha value is -2.22. The predicted molar refractivity (Wildman–Crippen MR) is 90.5 cm³/mol. The zero-order chi connectivity index (χ0) is 14.9. The van der Waals surface area contributed by atoms with Gasteiger partial charge in [0.2, 0.25) is 0 Å². The van der Waals surface area contributed by atoms with E-state index in [2.05, 4.69) is 66.6 Å². The van der Waals surface area contributed by atoms with Crippen LogP contribution >= 0.6 is 0 Å². The van der Waals surface area contributed by atoms with E-state index in [1.165, 1.54) is 5.70 Å². The van der Waals surface area contributed by atoms with E-state index in [1.54, 1.807) is 7.11 Å². The number of rotatable bonds is 5. The van der Waals surface area contributed by atoms with E-state index in [1.807, 2.05) is 12.1 Å². The molecule has 1 aromatic carbocycles. The average molecular weight is 281 g/mol. The fourth-order valence-corrected chi connectivity index (χ4v) is 2.17. The van der Waals surface area contributed by atoms with Crippen molar-refractivity contribution in [1.29, 1.82) is 0 Å². The minimum absolute atomic E-state index is 0.878. The molecule has 0 saturated carbocycles. The number of hydrogen-bond donors (Lipinski definition) is 0. The van der Waals surface area contributed by atoms with E-state index < -0.39 is 0 Å². The molecule has 1 aliphatic carbocycles. The van der Waals surface area contributed by atoms with Gasteiger partial charge in [-0.3, -0.25) is 0 Å². The van der Waals surface area contributed by atoms with Crippen LogP contribution in [0.3, 0.4) is 0 Å². The van der Waals surface area contributed by atoms with Crippen molar-refractivity contribution >= 4 is 5.69 Å². The molecule has 21 heavy (non-hydrogen) atoms. The van der Waals surface area contributed by atoms with Crippen LogP contribution in [0.2, 0.25) is 0 Å². The summed E-state index contributed by atoms with van der Waals surface area (Å²) in [6.07, 6.45) is 18.3. The van der Waals surface area contributed by atoms with Crippen molar-refractivity contribution < 1.29 is 4.74 Å². The zero-order valence-electron chi connectivity index (χ0n) is 12.8. The molecule has 2 rings (SSSR count). The summed E-state index contributed by atoms with van der Waals surface area (Å²) in [7, 11) is 1.69. The van der Waals surface area contributed by atoms with Crippen molar-refractivity contribution in [1.82, 2.24) is 0 Å². The fourth-order valence-electron chi connectivity index (χ4n) is 2.17. The minimum atomic E-state index is 0.878. The average Bonchev–Trinajstić information content (AvgIpc) is 2.49. The summed E-state index contributed by atoms with van der Waals surface area (Å²) in [6, 6.07) is 8.16. The van der Waals surface area contributed by atoms with Crippen LogP contribution in [-0.2, 0) is 0 Å².